The molecule has 0 fully saturated rings. The molecule has 0 spiro atoms. The molecule has 0 aliphatic rings. The Balaban J connectivity index is 2.54. The van der Waals surface area contributed by atoms with E-state index in [4.69, 9.17) is 15.2 Å². The predicted octanol–water partition coefficient (Wildman–Crippen LogP) is 3.27. The summed E-state index contributed by atoms with van der Waals surface area (Å²) in [6.45, 7) is 4.51. The van der Waals surface area contributed by atoms with Gasteiger partial charge in [-0.25, -0.2) is 0 Å². The number of ether oxygens (including phenoxy) is 2. The summed E-state index contributed by atoms with van der Waals surface area (Å²) < 4.78 is 11.3. The van der Waals surface area contributed by atoms with Gasteiger partial charge in [0, 0.05) is 11.9 Å². The molecule has 0 saturated heterocycles. The number of benzene rings is 2. The molecule has 2 N–H and O–H groups in total. The number of hydrogen-bond donors (Lipinski definition) is 1. The minimum atomic E-state index is -0.0872. The van der Waals surface area contributed by atoms with E-state index in [1.165, 1.54) is 0 Å². The molecule has 0 bridgehead atoms. The van der Waals surface area contributed by atoms with Crippen LogP contribution in [-0.2, 0) is 4.74 Å². The van der Waals surface area contributed by atoms with Gasteiger partial charge in [0.1, 0.15) is 5.75 Å². The minimum Gasteiger partial charge on any atom is -0.496 e. The normalized spacial score (nSPS) is 12.9. The first-order chi connectivity index (χ1) is 9.17. The summed E-state index contributed by atoms with van der Waals surface area (Å²) in [5, 5.41) is 2.23. The van der Waals surface area contributed by atoms with Crippen molar-refractivity contribution in [1.29, 1.82) is 0 Å². The second-order valence-corrected chi connectivity index (χ2v) is 4.81. The van der Waals surface area contributed by atoms with Gasteiger partial charge in [0.15, 0.2) is 0 Å². The van der Waals surface area contributed by atoms with Crippen molar-refractivity contribution in [2.45, 2.75) is 26.1 Å². The molecule has 0 aliphatic heterocycles. The Morgan fingerprint density at radius 3 is 2.32 bits per heavy atom. The molecular weight excluding hydrogens is 238 g/mol. The monoisotopic (exact) mass is 259 g/mol. The third-order valence-corrected chi connectivity index (χ3v) is 3.14. The van der Waals surface area contributed by atoms with Crippen molar-refractivity contribution in [3.63, 3.8) is 0 Å². The fourth-order valence-corrected chi connectivity index (χ4v) is 2.34. The highest BCUT2D eigenvalue weighted by molar-refractivity contribution is 5.91. The summed E-state index contributed by atoms with van der Waals surface area (Å²) in [6, 6.07) is 12.2. The molecule has 2 rings (SSSR count). The molecule has 0 saturated carbocycles. The molecule has 0 radical (unpaired) electrons. The average molecular weight is 259 g/mol. The van der Waals surface area contributed by atoms with E-state index in [9.17, 15) is 0 Å². The lowest BCUT2D eigenvalue weighted by Gasteiger charge is -2.21. The maximum absolute atomic E-state index is 5.90. The third kappa shape index (κ3) is 2.88. The van der Waals surface area contributed by atoms with Crippen molar-refractivity contribution >= 4 is 10.8 Å². The Morgan fingerprint density at radius 1 is 1.05 bits per heavy atom. The largest absolute Gasteiger partial charge is 0.496 e. The molecular formula is C16H21NO2. The molecule has 1 atom stereocenters. The number of hydrogen-bond acceptors (Lipinski definition) is 3. The number of rotatable bonds is 5. The zero-order valence-electron chi connectivity index (χ0n) is 11.7. The highest BCUT2D eigenvalue weighted by Crippen LogP contribution is 2.32. The van der Waals surface area contributed by atoms with Crippen LogP contribution < -0.4 is 10.5 Å². The second kappa shape index (κ2) is 6.04. The fourth-order valence-electron chi connectivity index (χ4n) is 2.34. The van der Waals surface area contributed by atoms with Crippen LogP contribution in [0.15, 0.2) is 36.4 Å². The summed E-state index contributed by atoms with van der Waals surface area (Å²) in [5.74, 6) is 0.875. The summed E-state index contributed by atoms with van der Waals surface area (Å²) >= 11 is 0. The highest BCUT2D eigenvalue weighted by Gasteiger charge is 2.16. The van der Waals surface area contributed by atoms with Crippen LogP contribution in [0.25, 0.3) is 10.8 Å². The van der Waals surface area contributed by atoms with Crippen LogP contribution in [0.3, 0.4) is 0 Å². The van der Waals surface area contributed by atoms with Crippen molar-refractivity contribution in [1.82, 2.24) is 0 Å². The first-order valence-electron chi connectivity index (χ1n) is 6.58. The summed E-state index contributed by atoms with van der Waals surface area (Å²) in [4.78, 5) is 0. The van der Waals surface area contributed by atoms with Crippen molar-refractivity contribution in [3.8, 4) is 5.75 Å². The van der Waals surface area contributed by atoms with Gasteiger partial charge in [-0.2, -0.15) is 0 Å². The SMILES string of the molecule is COc1ccc(C(CN)OC(C)C)c2ccccc12. The Kier molecular flexibility index (Phi) is 4.40. The molecule has 0 heterocycles. The number of fused-ring (bicyclic) bond motifs is 1. The molecule has 0 aliphatic carbocycles. The number of nitrogens with two attached hydrogens (primary N) is 1. The van der Waals surface area contributed by atoms with Crippen LogP contribution in [-0.4, -0.2) is 19.8 Å². The summed E-state index contributed by atoms with van der Waals surface area (Å²) in [6.07, 6.45) is 0.0604. The molecule has 2 aromatic rings. The average Bonchev–Trinajstić information content (AvgIpc) is 2.43. The maximum atomic E-state index is 5.90. The van der Waals surface area contributed by atoms with Crippen molar-refractivity contribution in [2.24, 2.45) is 5.73 Å². The maximum Gasteiger partial charge on any atom is 0.126 e. The van der Waals surface area contributed by atoms with Crippen LogP contribution in [0.1, 0.15) is 25.5 Å². The lowest BCUT2D eigenvalue weighted by Crippen LogP contribution is -2.19. The second-order valence-electron chi connectivity index (χ2n) is 4.81. The Labute approximate surface area is 114 Å². The Morgan fingerprint density at radius 2 is 1.74 bits per heavy atom. The van der Waals surface area contributed by atoms with E-state index < -0.39 is 0 Å². The van der Waals surface area contributed by atoms with Crippen molar-refractivity contribution < 1.29 is 9.47 Å². The molecule has 19 heavy (non-hydrogen) atoms. The quantitative estimate of drug-likeness (QED) is 0.896. The smallest absolute Gasteiger partial charge is 0.126 e. The fraction of sp³-hybridized carbons (Fsp3) is 0.375. The minimum absolute atomic E-state index is 0.0872. The van der Waals surface area contributed by atoms with Gasteiger partial charge in [0.25, 0.3) is 0 Å². The Bertz CT molecular complexity index is 551. The van der Waals surface area contributed by atoms with Gasteiger partial charge in [-0.3, -0.25) is 0 Å². The molecule has 2 aromatic carbocycles. The van der Waals surface area contributed by atoms with E-state index in [2.05, 4.69) is 12.1 Å². The third-order valence-electron chi connectivity index (χ3n) is 3.14. The lowest BCUT2D eigenvalue weighted by molar-refractivity contribution is 0.0128. The lowest BCUT2D eigenvalue weighted by atomic mass is 9.99. The van der Waals surface area contributed by atoms with Gasteiger partial charge < -0.3 is 15.2 Å². The zero-order chi connectivity index (χ0) is 13.8. The first kappa shape index (κ1) is 13.8. The summed E-state index contributed by atoms with van der Waals surface area (Å²) in [7, 11) is 1.69. The van der Waals surface area contributed by atoms with Gasteiger partial charge >= 0.3 is 0 Å². The molecule has 102 valence electrons. The van der Waals surface area contributed by atoms with Crippen molar-refractivity contribution in [3.05, 3.63) is 42.0 Å². The molecule has 0 amide bonds. The van der Waals surface area contributed by atoms with Crippen LogP contribution in [0.4, 0.5) is 0 Å². The molecule has 3 nitrogen and oxygen atoms in total. The Hall–Kier alpha value is -1.58. The van der Waals surface area contributed by atoms with E-state index in [0.29, 0.717) is 6.54 Å². The summed E-state index contributed by atoms with van der Waals surface area (Å²) in [5.41, 5.74) is 6.98. The highest BCUT2D eigenvalue weighted by atomic mass is 16.5. The predicted molar refractivity (Wildman–Crippen MR) is 78.5 cm³/mol. The van der Waals surface area contributed by atoms with E-state index in [0.717, 1.165) is 22.1 Å². The van der Waals surface area contributed by atoms with Gasteiger partial charge in [-0.1, -0.05) is 30.3 Å². The van der Waals surface area contributed by atoms with Gasteiger partial charge in [0.2, 0.25) is 0 Å². The van der Waals surface area contributed by atoms with Crippen LogP contribution in [0, 0.1) is 0 Å². The first-order valence-corrected chi connectivity index (χ1v) is 6.58. The van der Waals surface area contributed by atoms with Gasteiger partial charge in [-0.15, -0.1) is 0 Å². The van der Waals surface area contributed by atoms with Crippen LogP contribution in [0.5, 0.6) is 5.75 Å². The molecule has 0 aromatic heterocycles. The van der Waals surface area contributed by atoms with Crippen molar-refractivity contribution in [2.75, 3.05) is 13.7 Å². The van der Waals surface area contributed by atoms with Crippen LogP contribution in [0.2, 0.25) is 0 Å². The number of methoxy groups -OCH3 is 1. The van der Waals surface area contributed by atoms with Crippen LogP contribution >= 0.6 is 0 Å². The molecule has 1 unspecified atom stereocenters. The zero-order valence-corrected chi connectivity index (χ0v) is 11.7. The topological polar surface area (TPSA) is 44.5 Å². The standard InChI is InChI=1S/C16H21NO2/c1-11(2)19-16(10-17)14-8-9-15(18-3)13-7-5-4-6-12(13)14/h4-9,11,16H,10,17H2,1-3H3. The van der Waals surface area contributed by atoms with E-state index in [-0.39, 0.29) is 12.2 Å². The van der Waals surface area contributed by atoms with E-state index >= 15 is 0 Å². The molecule has 3 heteroatoms. The van der Waals surface area contributed by atoms with E-state index in [1.54, 1.807) is 7.11 Å². The van der Waals surface area contributed by atoms with Gasteiger partial charge in [-0.05, 0) is 30.9 Å². The van der Waals surface area contributed by atoms with E-state index in [1.807, 2.05) is 38.1 Å². The van der Waals surface area contributed by atoms with Gasteiger partial charge in [0.05, 0.1) is 19.3 Å².